The van der Waals surface area contributed by atoms with Gasteiger partial charge in [-0.05, 0) is 74.5 Å². The average Bonchev–Trinajstić information content (AvgIpc) is 2.61. The monoisotopic (exact) mass is 280 g/mol. The third-order valence-corrected chi connectivity index (χ3v) is 5.98. The first-order valence-electron chi connectivity index (χ1n) is 8.22. The van der Waals surface area contributed by atoms with Crippen molar-refractivity contribution in [3.63, 3.8) is 0 Å². The number of aromatic nitrogens is 2. The van der Waals surface area contributed by atoms with Crippen LogP contribution >= 0.6 is 0 Å². The van der Waals surface area contributed by atoms with E-state index in [9.17, 15) is 4.79 Å². The van der Waals surface area contributed by atoms with Crippen molar-refractivity contribution in [2.45, 2.75) is 50.9 Å². The molecule has 0 spiro atoms. The molecule has 2 aromatic heterocycles. The zero-order chi connectivity index (χ0) is 14.1. The van der Waals surface area contributed by atoms with Crippen molar-refractivity contribution in [1.82, 2.24) is 9.38 Å². The van der Waals surface area contributed by atoms with Crippen LogP contribution < -0.4 is 5.56 Å². The van der Waals surface area contributed by atoms with Gasteiger partial charge in [-0.3, -0.25) is 9.20 Å². The highest BCUT2D eigenvalue weighted by atomic mass is 16.1. The van der Waals surface area contributed by atoms with E-state index >= 15 is 0 Å². The normalized spacial score (nSPS) is 33.2. The maximum absolute atomic E-state index is 13.0. The van der Waals surface area contributed by atoms with Gasteiger partial charge in [-0.2, -0.15) is 0 Å². The summed E-state index contributed by atoms with van der Waals surface area (Å²) in [7, 11) is 0. The van der Waals surface area contributed by atoms with Gasteiger partial charge in [0, 0.05) is 17.7 Å². The molecule has 4 aliphatic rings. The molecule has 21 heavy (non-hydrogen) atoms. The molecule has 4 bridgehead atoms. The van der Waals surface area contributed by atoms with Crippen LogP contribution in [0.15, 0.2) is 23.1 Å². The predicted octanol–water partition coefficient (Wildman–Crippen LogP) is 3.39. The molecule has 2 fully saturated rings. The molecule has 0 saturated heterocycles. The fourth-order valence-corrected chi connectivity index (χ4v) is 5.28. The summed E-state index contributed by atoms with van der Waals surface area (Å²) in [6.07, 6.45) is 8.24. The second-order valence-electron chi connectivity index (χ2n) is 7.45. The minimum absolute atomic E-state index is 0.202. The topological polar surface area (TPSA) is 34.4 Å². The molecule has 108 valence electrons. The van der Waals surface area contributed by atoms with E-state index in [1.54, 1.807) is 4.40 Å². The first-order chi connectivity index (χ1) is 10.2. The Balaban J connectivity index is 1.85. The van der Waals surface area contributed by atoms with Crippen LogP contribution in [0.5, 0.6) is 0 Å². The van der Waals surface area contributed by atoms with Gasteiger partial charge in [0.2, 0.25) is 0 Å². The molecule has 0 N–H and O–H groups in total. The fraction of sp³-hybridized carbons (Fsp3) is 0.556. The molecule has 6 rings (SSSR count). The van der Waals surface area contributed by atoms with E-state index in [1.807, 2.05) is 18.3 Å². The summed E-state index contributed by atoms with van der Waals surface area (Å²) in [5, 5.41) is 0. The maximum atomic E-state index is 13.0. The number of aryl methyl sites for hydroxylation is 1. The van der Waals surface area contributed by atoms with Crippen molar-refractivity contribution >= 4 is 5.65 Å². The Hall–Kier alpha value is -1.64. The summed E-state index contributed by atoms with van der Waals surface area (Å²) in [5.41, 5.74) is 4.42. The Kier molecular flexibility index (Phi) is 2.26. The van der Waals surface area contributed by atoms with E-state index in [0.29, 0.717) is 11.8 Å². The molecule has 2 heterocycles. The van der Waals surface area contributed by atoms with Gasteiger partial charge in [0.25, 0.3) is 5.56 Å². The number of hydrogen-bond donors (Lipinski definition) is 0. The Morgan fingerprint density at radius 3 is 2.57 bits per heavy atom. The smallest absolute Gasteiger partial charge is 0.261 e. The zero-order valence-electron chi connectivity index (χ0n) is 12.4. The number of rotatable bonds is 0. The van der Waals surface area contributed by atoms with Gasteiger partial charge in [-0.1, -0.05) is 0 Å². The van der Waals surface area contributed by atoms with Crippen LogP contribution in [0.1, 0.15) is 60.8 Å². The lowest BCUT2D eigenvalue weighted by Crippen LogP contribution is -2.27. The van der Waals surface area contributed by atoms with Crippen molar-refractivity contribution in [3.8, 4) is 0 Å². The lowest BCUT2D eigenvalue weighted by atomic mass is 9.67. The number of pyridine rings is 1. The molecule has 0 aliphatic heterocycles. The molecule has 0 aromatic carbocycles. The van der Waals surface area contributed by atoms with Crippen molar-refractivity contribution in [3.05, 3.63) is 45.5 Å². The summed E-state index contributed by atoms with van der Waals surface area (Å²) in [4.78, 5) is 18.0. The lowest BCUT2D eigenvalue weighted by molar-refractivity contribution is 0.165. The standard InChI is InChI=1S/C18H20N2O/c1-10-2-3-20-15(4-10)19-17-14-8-11-5-12(9-14)7-13(6-11)16(17)18(20)21/h2-4,11-14H,5-9H2,1H3. The summed E-state index contributed by atoms with van der Waals surface area (Å²) in [6, 6.07) is 4.04. The summed E-state index contributed by atoms with van der Waals surface area (Å²) < 4.78 is 1.76. The van der Waals surface area contributed by atoms with Crippen LogP contribution in [0, 0.1) is 18.8 Å². The van der Waals surface area contributed by atoms with E-state index in [4.69, 9.17) is 4.98 Å². The molecule has 0 radical (unpaired) electrons. The zero-order valence-corrected chi connectivity index (χ0v) is 12.4. The van der Waals surface area contributed by atoms with Crippen molar-refractivity contribution < 1.29 is 0 Å². The van der Waals surface area contributed by atoms with Crippen LogP contribution in [-0.2, 0) is 0 Å². The molecule has 2 atom stereocenters. The average molecular weight is 280 g/mol. The van der Waals surface area contributed by atoms with E-state index in [1.165, 1.54) is 37.7 Å². The van der Waals surface area contributed by atoms with Crippen molar-refractivity contribution in [1.29, 1.82) is 0 Å². The van der Waals surface area contributed by atoms with Gasteiger partial charge >= 0.3 is 0 Å². The minimum Gasteiger partial charge on any atom is -0.269 e. The Morgan fingerprint density at radius 2 is 1.81 bits per heavy atom. The summed E-state index contributed by atoms with van der Waals surface area (Å²) in [6.45, 7) is 2.06. The molecule has 2 saturated carbocycles. The van der Waals surface area contributed by atoms with Crippen LogP contribution in [-0.4, -0.2) is 9.38 Å². The fourth-order valence-electron chi connectivity index (χ4n) is 5.28. The highest BCUT2D eigenvalue weighted by molar-refractivity contribution is 5.45. The first kappa shape index (κ1) is 12.0. The van der Waals surface area contributed by atoms with E-state index in [0.717, 1.165) is 28.7 Å². The van der Waals surface area contributed by atoms with Crippen LogP contribution in [0.25, 0.3) is 5.65 Å². The largest absolute Gasteiger partial charge is 0.269 e. The van der Waals surface area contributed by atoms with Crippen LogP contribution in [0.4, 0.5) is 0 Å². The molecule has 3 heteroatoms. The lowest BCUT2D eigenvalue weighted by Gasteiger charge is -2.38. The second-order valence-corrected chi connectivity index (χ2v) is 7.45. The van der Waals surface area contributed by atoms with Crippen molar-refractivity contribution in [2.75, 3.05) is 0 Å². The molecule has 0 amide bonds. The van der Waals surface area contributed by atoms with Crippen LogP contribution in [0.3, 0.4) is 0 Å². The van der Waals surface area contributed by atoms with E-state index < -0.39 is 0 Å². The summed E-state index contributed by atoms with van der Waals surface area (Å²) >= 11 is 0. The van der Waals surface area contributed by atoms with Gasteiger partial charge in [-0.25, -0.2) is 4.98 Å². The quantitative estimate of drug-likeness (QED) is 0.741. The Bertz CT molecular complexity index is 793. The second kappa shape index (κ2) is 3.96. The van der Waals surface area contributed by atoms with E-state index in [-0.39, 0.29) is 5.56 Å². The Labute approximate surface area is 124 Å². The van der Waals surface area contributed by atoms with Gasteiger partial charge < -0.3 is 0 Å². The third kappa shape index (κ3) is 1.60. The maximum Gasteiger partial charge on any atom is 0.261 e. The molecule has 2 aromatic rings. The van der Waals surface area contributed by atoms with Gasteiger partial charge in [0.15, 0.2) is 0 Å². The van der Waals surface area contributed by atoms with Gasteiger partial charge in [0.05, 0.1) is 5.69 Å². The van der Waals surface area contributed by atoms with Crippen LogP contribution in [0.2, 0.25) is 0 Å². The molecule has 2 unspecified atom stereocenters. The number of fused-ring (bicyclic) bond motifs is 1. The molecular formula is C18H20N2O. The highest BCUT2D eigenvalue weighted by Gasteiger charge is 2.44. The molecule has 3 nitrogen and oxygen atoms in total. The Morgan fingerprint density at radius 1 is 1.10 bits per heavy atom. The predicted molar refractivity (Wildman–Crippen MR) is 81.7 cm³/mol. The van der Waals surface area contributed by atoms with Crippen molar-refractivity contribution in [2.24, 2.45) is 11.8 Å². The molecule has 4 aliphatic carbocycles. The minimum atomic E-state index is 0.202. The summed E-state index contributed by atoms with van der Waals surface area (Å²) in [5.74, 6) is 2.66. The van der Waals surface area contributed by atoms with Gasteiger partial charge in [-0.15, -0.1) is 0 Å². The SMILES string of the molecule is Cc1ccn2c(=O)c3c(nc2c1)C1CC2CC(C1)CC3C2. The number of nitrogens with zero attached hydrogens (tertiary/aromatic N) is 2. The number of hydrogen-bond acceptors (Lipinski definition) is 2. The van der Waals surface area contributed by atoms with E-state index in [2.05, 4.69) is 6.92 Å². The third-order valence-electron chi connectivity index (χ3n) is 5.98. The first-order valence-corrected chi connectivity index (χ1v) is 8.22. The molecular weight excluding hydrogens is 260 g/mol. The van der Waals surface area contributed by atoms with Gasteiger partial charge in [0.1, 0.15) is 5.65 Å². The highest BCUT2D eigenvalue weighted by Crippen LogP contribution is 2.54.